The molecule has 1 heterocycles. The number of rotatable bonds is 4. The van der Waals surface area contributed by atoms with Crippen molar-refractivity contribution in [1.29, 1.82) is 0 Å². The first-order valence-electron chi connectivity index (χ1n) is 6.88. The Kier molecular flexibility index (Phi) is 3.64. The smallest absolute Gasteiger partial charge is 0.424 e. The van der Waals surface area contributed by atoms with Crippen molar-refractivity contribution in [2.24, 2.45) is 0 Å². The molecule has 1 saturated heterocycles. The fourth-order valence-corrected chi connectivity index (χ4v) is 2.58. The minimum atomic E-state index is -4.68. The second kappa shape index (κ2) is 5.38. The summed E-state index contributed by atoms with van der Waals surface area (Å²) in [5.41, 5.74) is -2.48. The van der Waals surface area contributed by atoms with E-state index in [-0.39, 0.29) is 11.1 Å². The summed E-state index contributed by atoms with van der Waals surface area (Å²) in [5, 5.41) is 0. The van der Waals surface area contributed by atoms with Crippen LogP contribution in [0.2, 0.25) is 0 Å². The monoisotopic (exact) mass is 322 g/mol. The lowest BCUT2D eigenvalue weighted by Crippen LogP contribution is -2.35. The standard InChI is InChI=1S/C17H13F3O3/c1-22-13-9-7-11(8-10-13)14(21)15-16(23-15,17(18,19)20)12-5-3-2-4-6-12/h2-10,15H,1H3/t15-,16+/m1/s1. The topological polar surface area (TPSA) is 38.8 Å². The van der Waals surface area contributed by atoms with E-state index >= 15 is 0 Å². The zero-order chi connectivity index (χ0) is 16.7. The van der Waals surface area contributed by atoms with Crippen LogP contribution in [0.15, 0.2) is 54.6 Å². The van der Waals surface area contributed by atoms with Gasteiger partial charge in [-0.25, -0.2) is 0 Å². The predicted octanol–water partition coefficient (Wildman–Crippen LogP) is 3.73. The molecule has 1 fully saturated rings. The Morgan fingerprint density at radius 2 is 1.70 bits per heavy atom. The summed E-state index contributed by atoms with van der Waals surface area (Å²) in [6, 6.07) is 13.1. The van der Waals surface area contributed by atoms with Crippen molar-refractivity contribution in [2.75, 3.05) is 7.11 Å². The van der Waals surface area contributed by atoms with Gasteiger partial charge < -0.3 is 9.47 Å². The zero-order valence-corrected chi connectivity index (χ0v) is 12.1. The van der Waals surface area contributed by atoms with Crippen LogP contribution in [-0.2, 0) is 10.3 Å². The van der Waals surface area contributed by atoms with Crippen molar-refractivity contribution >= 4 is 5.78 Å². The van der Waals surface area contributed by atoms with Gasteiger partial charge in [0.25, 0.3) is 0 Å². The number of halogens is 3. The van der Waals surface area contributed by atoms with Crippen LogP contribution in [-0.4, -0.2) is 25.2 Å². The number of benzene rings is 2. The lowest BCUT2D eigenvalue weighted by Gasteiger charge is -2.17. The highest BCUT2D eigenvalue weighted by atomic mass is 19.4. The molecule has 6 heteroatoms. The van der Waals surface area contributed by atoms with Gasteiger partial charge >= 0.3 is 6.18 Å². The van der Waals surface area contributed by atoms with E-state index in [0.29, 0.717) is 5.75 Å². The van der Waals surface area contributed by atoms with Gasteiger partial charge in [-0.3, -0.25) is 4.79 Å². The molecule has 1 aliphatic rings. The molecule has 0 aliphatic carbocycles. The van der Waals surface area contributed by atoms with Gasteiger partial charge in [0.15, 0.2) is 11.9 Å². The zero-order valence-electron chi connectivity index (χ0n) is 12.1. The quantitative estimate of drug-likeness (QED) is 0.636. The van der Waals surface area contributed by atoms with Crippen molar-refractivity contribution in [3.8, 4) is 5.75 Å². The van der Waals surface area contributed by atoms with Gasteiger partial charge in [0, 0.05) is 5.56 Å². The molecule has 0 radical (unpaired) electrons. The van der Waals surface area contributed by atoms with Gasteiger partial charge in [-0.15, -0.1) is 0 Å². The number of ether oxygens (including phenoxy) is 2. The molecular formula is C17H13F3O3. The second-order valence-electron chi connectivity index (χ2n) is 5.19. The van der Waals surface area contributed by atoms with Gasteiger partial charge in [-0.05, 0) is 29.8 Å². The highest BCUT2D eigenvalue weighted by Crippen LogP contribution is 2.58. The summed E-state index contributed by atoms with van der Waals surface area (Å²) < 4.78 is 50.5. The van der Waals surface area contributed by atoms with Crippen molar-refractivity contribution < 1.29 is 27.4 Å². The molecule has 2 atom stereocenters. The Morgan fingerprint density at radius 3 is 2.22 bits per heavy atom. The molecule has 3 rings (SSSR count). The Morgan fingerprint density at radius 1 is 1.09 bits per heavy atom. The summed E-state index contributed by atoms with van der Waals surface area (Å²) in [7, 11) is 1.46. The maximum Gasteiger partial charge on any atom is 0.424 e. The summed E-state index contributed by atoms with van der Waals surface area (Å²) in [6.45, 7) is 0. The number of hydrogen-bond acceptors (Lipinski definition) is 3. The molecule has 3 nitrogen and oxygen atoms in total. The average Bonchev–Trinajstić information content (AvgIpc) is 3.32. The molecule has 23 heavy (non-hydrogen) atoms. The van der Waals surface area contributed by atoms with Gasteiger partial charge in [0.05, 0.1) is 7.11 Å². The second-order valence-corrected chi connectivity index (χ2v) is 5.19. The molecule has 0 N–H and O–H groups in total. The Labute approximate surface area is 130 Å². The molecule has 0 saturated carbocycles. The summed E-state index contributed by atoms with van der Waals surface area (Å²) in [6.07, 6.45) is -6.25. The van der Waals surface area contributed by atoms with Gasteiger partial charge in [-0.1, -0.05) is 30.3 Å². The van der Waals surface area contributed by atoms with E-state index in [9.17, 15) is 18.0 Å². The number of carbonyl (C=O) groups is 1. The Hall–Kier alpha value is -2.34. The number of methoxy groups -OCH3 is 1. The van der Waals surface area contributed by atoms with Gasteiger partial charge in [0.1, 0.15) is 5.75 Å². The van der Waals surface area contributed by atoms with Crippen LogP contribution in [0.3, 0.4) is 0 Å². The summed E-state index contributed by atoms with van der Waals surface area (Å²) >= 11 is 0. The average molecular weight is 322 g/mol. The van der Waals surface area contributed by atoms with Crippen molar-refractivity contribution in [3.05, 3.63) is 65.7 Å². The lowest BCUT2D eigenvalue weighted by atomic mass is 9.91. The summed E-state index contributed by atoms with van der Waals surface area (Å²) in [5.74, 6) is -0.183. The van der Waals surface area contributed by atoms with Crippen LogP contribution in [0.5, 0.6) is 5.75 Å². The number of alkyl halides is 3. The van der Waals surface area contributed by atoms with E-state index in [1.807, 2.05) is 0 Å². The van der Waals surface area contributed by atoms with Crippen LogP contribution < -0.4 is 4.74 Å². The van der Waals surface area contributed by atoms with Crippen LogP contribution in [0.25, 0.3) is 0 Å². The predicted molar refractivity (Wildman–Crippen MR) is 76.4 cm³/mol. The SMILES string of the molecule is COc1ccc(C(=O)[C@H]2O[C@]2(c2ccccc2)C(F)(F)F)cc1. The van der Waals surface area contributed by atoms with E-state index in [1.54, 1.807) is 6.07 Å². The molecule has 0 aromatic heterocycles. The normalized spacial score (nSPS) is 23.4. The minimum absolute atomic E-state index is 0.0700. The molecule has 2 aromatic rings. The maximum absolute atomic E-state index is 13.5. The van der Waals surface area contributed by atoms with Crippen molar-refractivity contribution in [2.45, 2.75) is 17.9 Å². The Balaban J connectivity index is 1.93. The molecule has 1 aliphatic heterocycles. The summed E-state index contributed by atoms with van der Waals surface area (Å²) in [4.78, 5) is 12.4. The van der Waals surface area contributed by atoms with E-state index in [4.69, 9.17) is 9.47 Å². The lowest BCUT2D eigenvalue weighted by molar-refractivity contribution is -0.187. The number of epoxide rings is 1. The van der Waals surface area contributed by atoms with Crippen LogP contribution in [0, 0.1) is 0 Å². The molecule has 120 valence electrons. The fourth-order valence-electron chi connectivity index (χ4n) is 2.58. The minimum Gasteiger partial charge on any atom is -0.497 e. The maximum atomic E-state index is 13.5. The largest absolute Gasteiger partial charge is 0.497 e. The van der Waals surface area contributed by atoms with Crippen molar-refractivity contribution in [3.63, 3.8) is 0 Å². The van der Waals surface area contributed by atoms with Crippen molar-refractivity contribution in [1.82, 2.24) is 0 Å². The van der Waals surface area contributed by atoms with Crippen LogP contribution in [0.4, 0.5) is 13.2 Å². The molecule has 0 amide bonds. The number of Topliss-reactive ketones (excluding diaryl/α,β-unsaturated/α-hetero) is 1. The number of hydrogen-bond donors (Lipinski definition) is 0. The third kappa shape index (κ3) is 2.49. The van der Waals surface area contributed by atoms with Gasteiger partial charge in [0.2, 0.25) is 5.60 Å². The molecular weight excluding hydrogens is 309 g/mol. The molecule has 0 bridgehead atoms. The first-order valence-corrected chi connectivity index (χ1v) is 6.88. The molecule has 0 unspecified atom stereocenters. The molecule has 0 spiro atoms. The highest BCUT2D eigenvalue weighted by Gasteiger charge is 2.76. The first-order chi connectivity index (χ1) is 10.9. The van der Waals surface area contributed by atoms with E-state index in [1.165, 1.54) is 55.6 Å². The third-order valence-corrected chi connectivity index (χ3v) is 3.85. The number of ketones is 1. The van der Waals surface area contributed by atoms with E-state index in [2.05, 4.69) is 0 Å². The van der Waals surface area contributed by atoms with Gasteiger partial charge in [-0.2, -0.15) is 13.2 Å². The number of carbonyl (C=O) groups excluding carboxylic acids is 1. The van der Waals surface area contributed by atoms with Crippen LogP contribution in [0.1, 0.15) is 15.9 Å². The Bertz CT molecular complexity index is 710. The first kappa shape index (κ1) is 15.6. The van der Waals surface area contributed by atoms with Crippen LogP contribution >= 0.6 is 0 Å². The highest BCUT2D eigenvalue weighted by molar-refractivity contribution is 6.02. The third-order valence-electron chi connectivity index (χ3n) is 3.85. The fraction of sp³-hybridized carbons (Fsp3) is 0.235. The van der Waals surface area contributed by atoms with E-state index < -0.39 is 23.7 Å². The molecule has 2 aromatic carbocycles. The van der Waals surface area contributed by atoms with E-state index in [0.717, 1.165) is 0 Å².